The maximum atomic E-state index is 6.16. The molecule has 29 heavy (non-hydrogen) atoms. The molecule has 2 aliphatic heterocycles. The number of aromatic nitrogens is 4. The Morgan fingerprint density at radius 3 is 2.97 bits per heavy atom. The number of nitrogens with two attached hydrogens (primary N) is 1. The molecule has 3 aromatic rings. The molecule has 1 atom stereocenters. The number of piperidine rings is 1. The first-order valence-corrected chi connectivity index (χ1v) is 9.87. The lowest BCUT2D eigenvalue weighted by molar-refractivity contribution is 0.503. The molecule has 0 saturated carbocycles. The molecule has 3 aromatic heterocycles. The summed E-state index contributed by atoms with van der Waals surface area (Å²) in [6.45, 7) is 1.82. The molecule has 8 nitrogen and oxygen atoms in total. The van der Waals surface area contributed by atoms with Gasteiger partial charge in [0.1, 0.15) is 5.82 Å². The number of hydrogen-bond donors (Lipinski definition) is 2. The molecular weight excluding hydrogens is 364 g/mol. The molecule has 0 aromatic carbocycles. The largest absolute Gasteiger partial charge is 0.365 e. The lowest BCUT2D eigenvalue weighted by atomic mass is 10.1. The zero-order chi connectivity index (χ0) is 19.8. The van der Waals surface area contributed by atoms with Crippen molar-refractivity contribution < 1.29 is 0 Å². The first kappa shape index (κ1) is 17.7. The van der Waals surface area contributed by atoms with Crippen LogP contribution in [-0.4, -0.2) is 50.8 Å². The molecule has 1 saturated heterocycles. The Kier molecular flexibility index (Phi) is 4.40. The van der Waals surface area contributed by atoms with Gasteiger partial charge in [-0.25, -0.2) is 9.67 Å². The van der Waals surface area contributed by atoms with Crippen LogP contribution in [0.4, 0.5) is 5.82 Å². The van der Waals surface area contributed by atoms with Gasteiger partial charge in [-0.05, 0) is 31.0 Å². The molecule has 8 heteroatoms. The first-order chi connectivity index (χ1) is 14.2. The van der Waals surface area contributed by atoms with Gasteiger partial charge in [-0.2, -0.15) is 5.10 Å². The van der Waals surface area contributed by atoms with Gasteiger partial charge in [0.15, 0.2) is 5.82 Å². The summed E-state index contributed by atoms with van der Waals surface area (Å²) in [4.78, 5) is 13.8. The smallest absolute Gasteiger partial charge is 0.156 e. The van der Waals surface area contributed by atoms with E-state index in [1.54, 1.807) is 0 Å². The van der Waals surface area contributed by atoms with E-state index in [2.05, 4.69) is 26.4 Å². The lowest BCUT2D eigenvalue weighted by Crippen LogP contribution is -2.43. The Balaban J connectivity index is 1.53. The minimum absolute atomic E-state index is 0.205. The topological polar surface area (TPSA) is 88.1 Å². The van der Waals surface area contributed by atoms with Crippen molar-refractivity contribution in [3.05, 3.63) is 61.0 Å². The standard InChI is InChI=1S/C21H24N8/c1-27-9-7-23-13-19(27)17-10-18-15(11-24-17)12-25-29(18)21-6-2-5-20(26-21)28-8-3-4-16(22)14-28/h2,5-7,9-13,16,23H,3-4,8,14,22H2,1H3/t16-/m0/s1. The van der Waals surface area contributed by atoms with Crippen molar-refractivity contribution in [2.75, 3.05) is 25.0 Å². The van der Waals surface area contributed by atoms with Crippen LogP contribution in [0.5, 0.6) is 0 Å². The van der Waals surface area contributed by atoms with Crippen LogP contribution in [0.15, 0.2) is 55.3 Å². The number of rotatable bonds is 3. The highest BCUT2D eigenvalue weighted by molar-refractivity contribution is 5.82. The van der Waals surface area contributed by atoms with Crippen LogP contribution in [0.25, 0.3) is 22.4 Å². The van der Waals surface area contributed by atoms with Crippen molar-refractivity contribution in [1.29, 1.82) is 0 Å². The quantitative estimate of drug-likeness (QED) is 0.710. The van der Waals surface area contributed by atoms with Crippen LogP contribution in [-0.2, 0) is 0 Å². The van der Waals surface area contributed by atoms with Gasteiger partial charge in [-0.1, -0.05) is 6.07 Å². The van der Waals surface area contributed by atoms with Crippen LogP contribution in [0.2, 0.25) is 0 Å². The Labute approximate surface area is 169 Å². The van der Waals surface area contributed by atoms with Gasteiger partial charge >= 0.3 is 0 Å². The van der Waals surface area contributed by atoms with E-state index in [0.717, 1.165) is 59.9 Å². The molecule has 1 fully saturated rings. The predicted molar refractivity (Wildman–Crippen MR) is 114 cm³/mol. The molecule has 5 rings (SSSR count). The average Bonchev–Trinajstić information content (AvgIpc) is 3.17. The van der Waals surface area contributed by atoms with Gasteiger partial charge in [-0.15, -0.1) is 0 Å². The van der Waals surface area contributed by atoms with E-state index in [-0.39, 0.29) is 6.04 Å². The lowest BCUT2D eigenvalue weighted by Gasteiger charge is -2.31. The molecule has 0 spiro atoms. The van der Waals surface area contributed by atoms with Crippen LogP contribution < -0.4 is 16.0 Å². The van der Waals surface area contributed by atoms with Gasteiger partial charge in [0.2, 0.25) is 0 Å². The van der Waals surface area contributed by atoms with Crippen LogP contribution in [0.1, 0.15) is 18.5 Å². The third-order valence-corrected chi connectivity index (χ3v) is 5.43. The summed E-state index contributed by atoms with van der Waals surface area (Å²) in [5.41, 5.74) is 8.99. The molecule has 0 amide bonds. The highest BCUT2D eigenvalue weighted by Crippen LogP contribution is 2.24. The zero-order valence-corrected chi connectivity index (χ0v) is 16.4. The summed E-state index contributed by atoms with van der Waals surface area (Å²) in [6, 6.07) is 8.31. The molecule has 148 valence electrons. The average molecular weight is 388 g/mol. The van der Waals surface area contributed by atoms with E-state index >= 15 is 0 Å². The SMILES string of the molecule is CN1C=CNC=C1c1cc2c(cn1)cnn2-c1cccc(N2CCC[C@H](N)C2)n1. The number of pyridine rings is 2. The van der Waals surface area contributed by atoms with E-state index in [1.165, 1.54) is 0 Å². The number of nitrogens with zero attached hydrogens (tertiary/aromatic N) is 6. The second-order valence-corrected chi connectivity index (χ2v) is 7.51. The van der Waals surface area contributed by atoms with Crippen molar-refractivity contribution in [3.8, 4) is 5.82 Å². The Bertz CT molecular complexity index is 1100. The molecule has 0 bridgehead atoms. The first-order valence-electron chi connectivity index (χ1n) is 9.87. The fourth-order valence-corrected chi connectivity index (χ4v) is 3.89. The third-order valence-electron chi connectivity index (χ3n) is 5.43. The normalized spacial score (nSPS) is 19.4. The van der Waals surface area contributed by atoms with Gasteiger partial charge in [-0.3, -0.25) is 4.98 Å². The summed E-state index contributed by atoms with van der Waals surface area (Å²) < 4.78 is 1.88. The highest BCUT2D eigenvalue weighted by Gasteiger charge is 2.19. The fourth-order valence-electron chi connectivity index (χ4n) is 3.89. The van der Waals surface area contributed by atoms with E-state index in [4.69, 9.17) is 10.7 Å². The van der Waals surface area contributed by atoms with Crippen LogP contribution in [0.3, 0.4) is 0 Å². The molecule has 3 N–H and O–H groups in total. The van der Waals surface area contributed by atoms with Crippen molar-refractivity contribution >= 4 is 22.4 Å². The highest BCUT2D eigenvalue weighted by atomic mass is 15.3. The van der Waals surface area contributed by atoms with Gasteiger partial charge in [0, 0.05) is 56.4 Å². The molecule has 2 aliphatic rings. The van der Waals surface area contributed by atoms with E-state index in [1.807, 2.05) is 65.8 Å². The molecule has 0 aliphatic carbocycles. The second kappa shape index (κ2) is 7.21. The van der Waals surface area contributed by atoms with Crippen LogP contribution in [0, 0.1) is 0 Å². The number of fused-ring (bicyclic) bond motifs is 1. The Morgan fingerprint density at radius 2 is 2.10 bits per heavy atom. The number of nitrogens with one attached hydrogen (secondary N) is 1. The maximum absolute atomic E-state index is 6.16. The summed E-state index contributed by atoms with van der Waals surface area (Å²) in [6.07, 6.45) is 11.6. The van der Waals surface area contributed by atoms with Crippen molar-refractivity contribution in [2.24, 2.45) is 5.73 Å². The van der Waals surface area contributed by atoms with Crippen molar-refractivity contribution in [1.82, 2.24) is 30.0 Å². The van der Waals surface area contributed by atoms with Crippen LogP contribution >= 0.6 is 0 Å². The monoisotopic (exact) mass is 388 g/mol. The van der Waals surface area contributed by atoms with Gasteiger partial charge in [0.05, 0.1) is 23.1 Å². The number of hydrogen-bond acceptors (Lipinski definition) is 7. The Hall–Kier alpha value is -3.39. The molecule has 0 radical (unpaired) electrons. The van der Waals surface area contributed by atoms with E-state index in [0.29, 0.717) is 0 Å². The molecular formula is C21H24N8. The van der Waals surface area contributed by atoms with Gasteiger partial charge < -0.3 is 20.9 Å². The van der Waals surface area contributed by atoms with Crippen molar-refractivity contribution in [3.63, 3.8) is 0 Å². The Morgan fingerprint density at radius 1 is 1.21 bits per heavy atom. The predicted octanol–water partition coefficient (Wildman–Crippen LogP) is 2.05. The van der Waals surface area contributed by atoms with E-state index in [9.17, 15) is 0 Å². The molecule has 0 unspecified atom stereocenters. The van der Waals surface area contributed by atoms with Crippen molar-refractivity contribution in [2.45, 2.75) is 18.9 Å². The van der Waals surface area contributed by atoms with E-state index < -0.39 is 0 Å². The minimum Gasteiger partial charge on any atom is -0.365 e. The number of anilines is 1. The zero-order valence-electron chi connectivity index (χ0n) is 16.4. The second-order valence-electron chi connectivity index (χ2n) is 7.51. The summed E-state index contributed by atoms with van der Waals surface area (Å²) in [5, 5.41) is 8.68. The third kappa shape index (κ3) is 3.31. The maximum Gasteiger partial charge on any atom is 0.156 e. The van der Waals surface area contributed by atoms with Gasteiger partial charge in [0.25, 0.3) is 0 Å². The molecule has 5 heterocycles. The summed E-state index contributed by atoms with van der Waals surface area (Å²) in [5.74, 6) is 1.73. The minimum atomic E-state index is 0.205. The summed E-state index contributed by atoms with van der Waals surface area (Å²) in [7, 11) is 2.00. The summed E-state index contributed by atoms with van der Waals surface area (Å²) >= 11 is 0. The fraction of sp³-hybridized carbons (Fsp3) is 0.286.